The number of phenols is 1. The van der Waals surface area contributed by atoms with E-state index in [4.69, 9.17) is 0 Å². The summed E-state index contributed by atoms with van der Waals surface area (Å²) < 4.78 is 0. The normalized spacial score (nSPS) is 11.8. The van der Waals surface area contributed by atoms with E-state index in [2.05, 4.69) is 0 Å². The van der Waals surface area contributed by atoms with Crippen molar-refractivity contribution in [2.75, 3.05) is 0 Å². The van der Waals surface area contributed by atoms with Gasteiger partial charge >= 0.3 is 0 Å². The van der Waals surface area contributed by atoms with Gasteiger partial charge in [-0.25, -0.2) is 0 Å². The molecule has 0 heterocycles. The lowest BCUT2D eigenvalue weighted by atomic mass is 9.87. The maximum atomic E-state index is 12.2. The summed E-state index contributed by atoms with van der Waals surface area (Å²) in [5.74, 6) is -0.325. The Bertz CT molecular complexity index is 1120. The Balaban J connectivity index is 2.63. The summed E-state index contributed by atoms with van der Waals surface area (Å²) in [6, 6.07) is 6.70. The van der Waals surface area contributed by atoms with Gasteiger partial charge in [-0.1, -0.05) is 18.2 Å². The van der Waals surface area contributed by atoms with Gasteiger partial charge in [-0.15, -0.1) is 0 Å². The summed E-state index contributed by atoms with van der Waals surface area (Å²) >= 11 is 0. The summed E-state index contributed by atoms with van der Waals surface area (Å²) in [6.07, 6.45) is 0. The van der Waals surface area contributed by atoms with E-state index < -0.39 is 21.7 Å². The van der Waals surface area contributed by atoms with Crippen molar-refractivity contribution in [2.45, 2.75) is 0 Å². The van der Waals surface area contributed by atoms with Crippen LogP contribution < -0.4 is 21.7 Å². The predicted molar refractivity (Wildman–Crippen MR) is 78.4 cm³/mol. The van der Waals surface area contributed by atoms with Crippen LogP contribution in [-0.2, 0) is 0 Å². The third kappa shape index (κ3) is 1.25. The molecular formula is C16H6O5. The van der Waals surface area contributed by atoms with E-state index >= 15 is 0 Å². The van der Waals surface area contributed by atoms with Crippen LogP contribution in [0.5, 0.6) is 5.75 Å². The zero-order chi connectivity index (χ0) is 14.9. The number of aromatic hydroxyl groups is 1. The Morgan fingerprint density at radius 3 is 1.48 bits per heavy atom. The molecule has 0 atom stereocenters. The minimum atomic E-state index is -0.783. The smallest absolute Gasteiger partial charge is 0.234 e. The molecule has 0 bridgehead atoms. The summed E-state index contributed by atoms with van der Waals surface area (Å²) in [4.78, 5) is 48.6. The van der Waals surface area contributed by atoms with Crippen LogP contribution in [0.1, 0.15) is 0 Å². The zero-order valence-electron chi connectivity index (χ0n) is 10.5. The molecular weight excluding hydrogens is 272 g/mol. The molecule has 2 aromatic rings. The van der Waals surface area contributed by atoms with E-state index in [0.717, 1.165) is 12.1 Å². The van der Waals surface area contributed by atoms with Crippen LogP contribution >= 0.6 is 0 Å². The average molecular weight is 278 g/mol. The first-order valence-electron chi connectivity index (χ1n) is 6.19. The fraction of sp³-hybridized carbons (Fsp3) is 0. The Kier molecular flexibility index (Phi) is 1.96. The number of rotatable bonds is 0. The molecule has 4 rings (SSSR count). The minimum absolute atomic E-state index is 0.0317. The molecule has 0 aliphatic heterocycles. The van der Waals surface area contributed by atoms with Gasteiger partial charge < -0.3 is 5.11 Å². The Labute approximate surface area is 115 Å². The monoisotopic (exact) mass is 278 g/mol. The molecule has 2 aliphatic rings. The molecule has 0 spiro atoms. The van der Waals surface area contributed by atoms with Crippen molar-refractivity contribution < 1.29 is 5.11 Å². The van der Waals surface area contributed by atoms with Crippen LogP contribution in [0.15, 0.2) is 49.5 Å². The molecule has 0 fully saturated rings. The van der Waals surface area contributed by atoms with Gasteiger partial charge in [-0.3, -0.25) is 19.2 Å². The summed E-state index contributed by atoms with van der Waals surface area (Å²) in [6.45, 7) is 0. The van der Waals surface area contributed by atoms with Crippen LogP contribution in [0.3, 0.4) is 0 Å². The highest BCUT2D eigenvalue weighted by atomic mass is 16.3. The lowest BCUT2D eigenvalue weighted by molar-refractivity contribution is 0.476. The van der Waals surface area contributed by atoms with Crippen LogP contribution in [-0.4, -0.2) is 5.11 Å². The number of hydrogen-bond donors (Lipinski definition) is 1. The van der Waals surface area contributed by atoms with E-state index in [1.807, 2.05) is 0 Å². The molecule has 2 aromatic carbocycles. The van der Waals surface area contributed by atoms with Crippen molar-refractivity contribution >= 4 is 21.5 Å². The van der Waals surface area contributed by atoms with Gasteiger partial charge in [0.15, 0.2) is 0 Å². The lowest BCUT2D eigenvalue weighted by Crippen LogP contribution is -2.31. The standard InChI is InChI=1S/C16H6O5/c17-6-4-9-12-10(5-6)16(21)14(19)8-3-1-2-7(11(8)12)13(18)15(9)20/h1-5,17H. The maximum Gasteiger partial charge on any atom is 0.234 e. The van der Waals surface area contributed by atoms with E-state index in [0.29, 0.717) is 5.56 Å². The highest BCUT2D eigenvalue weighted by Crippen LogP contribution is 2.35. The van der Waals surface area contributed by atoms with Gasteiger partial charge in [0, 0.05) is 32.7 Å². The van der Waals surface area contributed by atoms with Crippen molar-refractivity contribution in [3.63, 3.8) is 0 Å². The minimum Gasteiger partial charge on any atom is -0.508 e. The van der Waals surface area contributed by atoms with Gasteiger partial charge in [-0.2, -0.15) is 0 Å². The SMILES string of the molecule is O=c1c(=O)c2cc(O)cc3c2-c2c1cccc2c(=O)c3=O. The molecule has 0 saturated heterocycles. The molecule has 2 aliphatic carbocycles. The number of hydrogen-bond acceptors (Lipinski definition) is 5. The topological polar surface area (TPSA) is 88.5 Å². The van der Waals surface area contributed by atoms with E-state index in [1.54, 1.807) is 0 Å². The van der Waals surface area contributed by atoms with Gasteiger partial charge in [-0.05, 0) is 12.1 Å². The quantitative estimate of drug-likeness (QED) is 0.375. The highest BCUT2D eigenvalue weighted by Gasteiger charge is 2.24. The molecule has 100 valence electrons. The van der Waals surface area contributed by atoms with E-state index in [9.17, 15) is 24.3 Å². The van der Waals surface area contributed by atoms with Crippen molar-refractivity contribution in [1.29, 1.82) is 0 Å². The van der Waals surface area contributed by atoms with Gasteiger partial charge in [0.2, 0.25) is 21.7 Å². The molecule has 0 radical (unpaired) electrons. The van der Waals surface area contributed by atoms with Gasteiger partial charge in [0.25, 0.3) is 0 Å². The third-order valence-corrected chi connectivity index (χ3v) is 3.83. The summed E-state index contributed by atoms with van der Waals surface area (Å²) in [7, 11) is 0. The fourth-order valence-electron chi connectivity index (χ4n) is 2.94. The summed E-state index contributed by atoms with van der Waals surface area (Å²) in [5.41, 5.74) is -2.46. The largest absolute Gasteiger partial charge is 0.508 e. The van der Waals surface area contributed by atoms with Crippen molar-refractivity contribution in [1.82, 2.24) is 0 Å². The second-order valence-corrected chi connectivity index (χ2v) is 4.96. The molecule has 0 saturated carbocycles. The number of phenolic OH excluding ortho intramolecular Hbond substituents is 1. The van der Waals surface area contributed by atoms with Gasteiger partial charge in [0.1, 0.15) is 5.75 Å². The molecule has 21 heavy (non-hydrogen) atoms. The van der Waals surface area contributed by atoms with Crippen LogP contribution in [0.25, 0.3) is 32.7 Å². The Morgan fingerprint density at radius 1 is 0.619 bits per heavy atom. The van der Waals surface area contributed by atoms with Crippen molar-refractivity contribution in [3.8, 4) is 16.9 Å². The molecule has 0 unspecified atom stereocenters. The third-order valence-electron chi connectivity index (χ3n) is 3.83. The van der Waals surface area contributed by atoms with Crippen molar-refractivity contribution in [3.05, 3.63) is 71.2 Å². The average Bonchev–Trinajstić information content (AvgIpc) is 2.48. The first kappa shape index (κ1) is 11.7. The Hall–Kier alpha value is -3.08. The Morgan fingerprint density at radius 2 is 1.00 bits per heavy atom. The fourth-order valence-corrected chi connectivity index (χ4v) is 2.94. The van der Waals surface area contributed by atoms with Crippen LogP contribution in [0.4, 0.5) is 0 Å². The maximum absolute atomic E-state index is 12.2. The number of benzene rings is 4. The van der Waals surface area contributed by atoms with Crippen LogP contribution in [0, 0.1) is 0 Å². The second-order valence-electron chi connectivity index (χ2n) is 4.96. The molecule has 1 N–H and O–H groups in total. The van der Waals surface area contributed by atoms with E-state index in [1.165, 1.54) is 18.2 Å². The second kappa shape index (κ2) is 3.52. The zero-order valence-corrected chi connectivity index (χ0v) is 10.5. The van der Waals surface area contributed by atoms with Gasteiger partial charge in [0.05, 0.1) is 0 Å². The predicted octanol–water partition coefficient (Wildman–Crippen LogP) is 0.558. The van der Waals surface area contributed by atoms with Crippen LogP contribution in [0.2, 0.25) is 0 Å². The molecule has 0 amide bonds. The summed E-state index contributed by atoms with van der Waals surface area (Å²) in [5, 5.41) is 9.83. The first-order valence-corrected chi connectivity index (χ1v) is 6.19. The van der Waals surface area contributed by atoms with E-state index in [-0.39, 0.29) is 32.9 Å². The van der Waals surface area contributed by atoms with Crippen molar-refractivity contribution in [2.24, 2.45) is 0 Å². The molecule has 5 heteroatoms. The molecule has 0 aromatic heterocycles. The first-order chi connectivity index (χ1) is 10.0. The highest BCUT2D eigenvalue weighted by molar-refractivity contribution is 6.11. The molecule has 5 nitrogen and oxygen atoms in total. The lowest BCUT2D eigenvalue weighted by Gasteiger charge is -2.13.